The molecule has 10 heavy (non-hydrogen) atoms. The summed E-state index contributed by atoms with van der Waals surface area (Å²) >= 11 is 0. The van der Waals surface area contributed by atoms with Gasteiger partial charge in [-0.05, 0) is 20.8 Å². The van der Waals surface area contributed by atoms with Crippen LogP contribution in [0.15, 0.2) is 0 Å². The van der Waals surface area contributed by atoms with Crippen molar-refractivity contribution in [1.29, 1.82) is 0 Å². The van der Waals surface area contributed by atoms with Crippen molar-refractivity contribution in [2.24, 2.45) is 0 Å². The fourth-order valence-electron chi connectivity index (χ4n) is 0.886. The van der Waals surface area contributed by atoms with Gasteiger partial charge in [0.2, 0.25) is 0 Å². The summed E-state index contributed by atoms with van der Waals surface area (Å²) in [6.45, 7) is 9.05. The average molecular weight is 162 g/mol. The molecule has 62 valence electrons. The zero-order valence-corrected chi connectivity index (χ0v) is 8.65. The lowest BCUT2D eigenvalue weighted by atomic mass is 10.7. The average Bonchev–Trinajstić information content (AvgIpc) is 1.90. The van der Waals surface area contributed by atoms with Crippen LogP contribution in [0, 0.1) is 0 Å². The molecular weight excluding hydrogens is 143 g/mol. The fourth-order valence-corrected chi connectivity index (χ4v) is 2.21. The fraction of sp³-hybridized carbons (Fsp3) is 1.00. The third kappa shape index (κ3) is 2.96. The van der Waals surface area contributed by atoms with Gasteiger partial charge >= 0.3 is 0 Å². The highest BCUT2D eigenvalue weighted by molar-refractivity contribution is 7.51. The van der Waals surface area contributed by atoms with Crippen LogP contribution in [-0.4, -0.2) is 43.2 Å². The maximum absolute atomic E-state index is 2.48. The van der Waals surface area contributed by atoms with Crippen molar-refractivity contribution >= 4 is 8.22 Å². The molecule has 0 bridgehead atoms. The first-order chi connectivity index (χ1) is 4.63. The third-order valence-electron chi connectivity index (χ3n) is 1.72. The molecule has 0 aromatic heterocycles. The lowest BCUT2D eigenvalue weighted by Crippen LogP contribution is -2.23. The molecule has 0 aliphatic rings. The summed E-state index contributed by atoms with van der Waals surface area (Å²) in [4.78, 5) is 0. The first-order valence-electron chi connectivity index (χ1n) is 3.79. The van der Waals surface area contributed by atoms with Crippen LogP contribution in [-0.2, 0) is 0 Å². The Hall–Kier alpha value is 0.350. The highest BCUT2D eigenvalue weighted by Gasteiger charge is 2.10. The van der Waals surface area contributed by atoms with Gasteiger partial charge in [-0.3, -0.25) is 9.34 Å². The minimum Gasteiger partial charge on any atom is -0.276 e. The molecule has 0 amide bonds. The summed E-state index contributed by atoms with van der Waals surface area (Å²) in [5.41, 5.74) is 0. The molecule has 0 aliphatic carbocycles. The van der Waals surface area contributed by atoms with Crippen LogP contribution in [0.25, 0.3) is 0 Å². The van der Waals surface area contributed by atoms with Gasteiger partial charge in [0.05, 0.1) is 0 Å². The summed E-state index contributed by atoms with van der Waals surface area (Å²) in [6.07, 6.45) is 0. The van der Waals surface area contributed by atoms with Crippen LogP contribution in [0.3, 0.4) is 0 Å². The van der Waals surface area contributed by atoms with E-state index in [2.05, 4.69) is 43.9 Å². The van der Waals surface area contributed by atoms with Crippen molar-refractivity contribution in [1.82, 2.24) is 9.34 Å². The Morgan fingerprint density at radius 3 is 1.60 bits per heavy atom. The molecule has 0 spiro atoms. The van der Waals surface area contributed by atoms with Crippen LogP contribution in [0.2, 0.25) is 0 Å². The van der Waals surface area contributed by atoms with Crippen molar-refractivity contribution in [3.63, 3.8) is 0 Å². The van der Waals surface area contributed by atoms with E-state index < -0.39 is 0 Å². The van der Waals surface area contributed by atoms with E-state index in [9.17, 15) is 0 Å². The van der Waals surface area contributed by atoms with E-state index in [4.69, 9.17) is 0 Å². The third-order valence-corrected chi connectivity index (χ3v) is 4.26. The quantitative estimate of drug-likeness (QED) is 0.582. The highest BCUT2D eigenvalue weighted by Crippen LogP contribution is 2.36. The van der Waals surface area contributed by atoms with Gasteiger partial charge in [-0.15, -0.1) is 0 Å². The normalized spacial score (nSPS) is 14.7. The Bertz CT molecular complexity index is 81.7. The summed E-state index contributed by atoms with van der Waals surface area (Å²) in [5.74, 6) is 0. The Balaban J connectivity index is 3.76. The molecule has 0 N–H and O–H groups in total. The molecule has 0 saturated heterocycles. The first kappa shape index (κ1) is 10.3. The Kier molecular flexibility index (Phi) is 5.24. The van der Waals surface area contributed by atoms with Gasteiger partial charge in [0.15, 0.2) is 0 Å². The van der Waals surface area contributed by atoms with E-state index >= 15 is 0 Å². The summed E-state index contributed by atoms with van der Waals surface area (Å²) in [6, 6.07) is 0. The molecular formula is C7H19N2P. The minimum atomic E-state index is -0.0365. The van der Waals surface area contributed by atoms with Crippen LogP contribution in [0.4, 0.5) is 0 Å². The van der Waals surface area contributed by atoms with E-state index in [0.717, 1.165) is 13.1 Å². The van der Waals surface area contributed by atoms with Crippen molar-refractivity contribution < 1.29 is 0 Å². The number of rotatable bonds is 4. The van der Waals surface area contributed by atoms with Gasteiger partial charge in [0.1, 0.15) is 0 Å². The monoisotopic (exact) mass is 162 g/mol. The lowest BCUT2D eigenvalue weighted by Gasteiger charge is -2.30. The van der Waals surface area contributed by atoms with Gasteiger partial charge < -0.3 is 0 Å². The molecule has 0 aromatic rings. The van der Waals surface area contributed by atoms with Gasteiger partial charge in [0.25, 0.3) is 0 Å². The SMILES string of the molecule is CCN(CC)P(C)N(C)C. The number of hydrogen-bond donors (Lipinski definition) is 0. The van der Waals surface area contributed by atoms with Crippen molar-refractivity contribution in [3.8, 4) is 0 Å². The number of nitrogens with zero attached hydrogens (tertiary/aromatic N) is 2. The van der Waals surface area contributed by atoms with Gasteiger partial charge in [-0.2, -0.15) is 0 Å². The largest absolute Gasteiger partial charge is 0.276 e. The van der Waals surface area contributed by atoms with Gasteiger partial charge in [-0.25, -0.2) is 0 Å². The Labute approximate surface area is 66.1 Å². The predicted octanol–water partition coefficient (Wildman–Crippen LogP) is 1.83. The minimum absolute atomic E-state index is 0.0365. The Morgan fingerprint density at radius 1 is 1.10 bits per heavy atom. The van der Waals surface area contributed by atoms with E-state index in [1.807, 2.05) is 0 Å². The van der Waals surface area contributed by atoms with E-state index in [-0.39, 0.29) is 8.22 Å². The van der Waals surface area contributed by atoms with Crippen molar-refractivity contribution in [2.75, 3.05) is 33.8 Å². The lowest BCUT2D eigenvalue weighted by molar-refractivity contribution is 0.472. The molecule has 0 radical (unpaired) electrons. The second-order valence-corrected chi connectivity index (χ2v) is 4.82. The van der Waals surface area contributed by atoms with Crippen LogP contribution in [0.5, 0.6) is 0 Å². The highest BCUT2D eigenvalue weighted by atomic mass is 31.1. The van der Waals surface area contributed by atoms with Crippen molar-refractivity contribution in [3.05, 3.63) is 0 Å². The molecule has 0 aromatic carbocycles. The van der Waals surface area contributed by atoms with Crippen LogP contribution >= 0.6 is 8.22 Å². The molecule has 0 heterocycles. The maximum Gasteiger partial charge on any atom is 0.0356 e. The molecule has 0 aliphatic heterocycles. The van der Waals surface area contributed by atoms with Gasteiger partial charge in [0, 0.05) is 21.3 Å². The summed E-state index contributed by atoms with van der Waals surface area (Å²) in [7, 11) is 4.25. The van der Waals surface area contributed by atoms with E-state index in [1.165, 1.54) is 0 Å². The smallest absolute Gasteiger partial charge is 0.0356 e. The van der Waals surface area contributed by atoms with Crippen LogP contribution < -0.4 is 0 Å². The van der Waals surface area contributed by atoms with E-state index in [0.29, 0.717) is 0 Å². The summed E-state index contributed by atoms with van der Waals surface area (Å²) < 4.78 is 4.78. The van der Waals surface area contributed by atoms with Crippen molar-refractivity contribution in [2.45, 2.75) is 13.8 Å². The maximum atomic E-state index is 2.48. The van der Waals surface area contributed by atoms with Crippen LogP contribution in [0.1, 0.15) is 13.8 Å². The molecule has 3 heteroatoms. The molecule has 0 saturated carbocycles. The predicted molar refractivity (Wildman–Crippen MR) is 49.5 cm³/mol. The van der Waals surface area contributed by atoms with E-state index in [1.54, 1.807) is 0 Å². The molecule has 0 fully saturated rings. The van der Waals surface area contributed by atoms with Gasteiger partial charge in [-0.1, -0.05) is 13.8 Å². The Morgan fingerprint density at radius 2 is 1.50 bits per heavy atom. The standard InChI is InChI=1S/C7H19N2P/c1-6-9(7-2)10(5)8(3)4/h6-7H2,1-5H3. The first-order valence-corrected chi connectivity index (χ1v) is 5.48. The summed E-state index contributed by atoms with van der Waals surface area (Å²) in [5, 5.41) is 0. The molecule has 2 nitrogen and oxygen atoms in total. The zero-order chi connectivity index (χ0) is 8.15. The molecule has 1 atom stereocenters. The molecule has 1 unspecified atom stereocenters. The topological polar surface area (TPSA) is 6.48 Å². The second-order valence-electron chi connectivity index (χ2n) is 2.48. The second kappa shape index (κ2) is 5.06. The zero-order valence-electron chi connectivity index (χ0n) is 7.76. The number of hydrogen-bond acceptors (Lipinski definition) is 2. The molecule has 0 rings (SSSR count).